The number of unbranched alkanes of at least 4 members (excludes halogenated alkanes) is 22. The van der Waals surface area contributed by atoms with Crippen molar-refractivity contribution in [1.82, 2.24) is 0 Å². The second-order valence-electron chi connectivity index (χ2n) is 21.9. The van der Waals surface area contributed by atoms with Gasteiger partial charge in [0.25, 0.3) is 0 Å². The number of carbonyl (C=O) groups is 3. The van der Waals surface area contributed by atoms with Crippen LogP contribution in [0.3, 0.4) is 0 Å². The molecule has 9 nitrogen and oxygen atoms in total. The first-order chi connectivity index (χ1) is 38.6. The van der Waals surface area contributed by atoms with Gasteiger partial charge in [0.2, 0.25) is 0 Å². The monoisotopic (exact) mass is 1100 g/mol. The van der Waals surface area contributed by atoms with Gasteiger partial charge in [-0.3, -0.25) is 9.59 Å². The molecular weight excluding hydrogens is 983 g/mol. The Hall–Kier alpha value is -4.31. The van der Waals surface area contributed by atoms with Crippen LogP contribution < -0.4 is 5.11 Å². The van der Waals surface area contributed by atoms with E-state index in [0.29, 0.717) is 23.9 Å². The van der Waals surface area contributed by atoms with Crippen LogP contribution in [-0.2, 0) is 33.3 Å². The van der Waals surface area contributed by atoms with Gasteiger partial charge in [0.05, 0.1) is 40.3 Å². The highest BCUT2D eigenvalue weighted by Gasteiger charge is 2.22. The molecule has 0 amide bonds. The van der Waals surface area contributed by atoms with Crippen molar-refractivity contribution in [2.75, 3.05) is 47.5 Å². The Morgan fingerprint density at radius 3 is 1.01 bits per heavy atom. The Morgan fingerprint density at radius 1 is 0.380 bits per heavy atom. The van der Waals surface area contributed by atoms with E-state index in [1.807, 2.05) is 21.1 Å². The standard InChI is InChI=1S/C70H117NO8/c1-6-8-10-12-14-16-18-20-22-24-26-28-29-30-31-32-33-34-35-36-37-38-39-41-43-45-47-49-51-53-55-57-59-61-68(73)79-66(65-78-70(69(74)75)76-63-62-71(3,4)5)64-77-67(72)60-58-56-54-52-50-48-46-44-42-40-27-25-23-21-19-17-15-13-11-9-7-2/h8-11,14-17,20-23,26-28,30-31,40,44,46,66,70H,6-7,12-13,18-19,24-25,29,32-39,41-43,45,47-65H2,1-5H3/b10-8-,11-9-,16-14-,17-15-,22-20-,23-21-,28-26-,31-30-,40-27-,46-44-. The Kier molecular flexibility index (Phi) is 56.5. The molecular formula is C70H117NO8. The van der Waals surface area contributed by atoms with Crippen molar-refractivity contribution >= 4 is 17.9 Å². The lowest BCUT2D eigenvalue weighted by Crippen LogP contribution is -2.44. The van der Waals surface area contributed by atoms with Crippen molar-refractivity contribution in [1.29, 1.82) is 0 Å². The maximum absolute atomic E-state index is 12.9. The number of hydrogen-bond acceptors (Lipinski definition) is 8. The summed E-state index contributed by atoms with van der Waals surface area (Å²) in [4.78, 5) is 37.4. The van der Waals surface area contributed by atoms with Crippen LogP contribution in [0.1, 0.15) is 245 Å². The van der Waals surface area contributed by atoms with Crippen molar-refractivity contribution in [2.24, 2.45) is 0 Å². The number of nitrogens with zero attached hydrogens (tertiary/aromatic N) is 1. The topological polar surface area (TPSA) is 111 Å². The fourth-order valence-corrected chi connectivity index (χ4v) is 8.41. The number of likely N-dealkylation sites (N-methyl/N-ethyl adjacent to an activating group) is 1. The van der Waals surface area contributed by atoms with Crippen molar-refractivity contribution in [3.05, 3.63) is 122 Å². The minimum atomic E-state index is -1.63. The summed E-state index contributed by atoms with van der Waals surface area (Å²) in [6, 6.07) is 0. The third-order valence-corrected chi connectivity index (χ3v) is 13.2. The summed E-state index contributed by atoms with van der Waals surface area (Å²) in [5.74, 6) is -2.31. The van der Waals surface area contributed by atoms with Gasteiger partial charge in [-0.1, -0.05) is 251 Å². The van der Waals surface area contributed by atoms with E-state index in [9.17, 15) is 19.5 Å². The molecule has 0 spiro atoms. The smallest absolute Gasteiger partial charge is 0.306 e. The average molecular weight is 1100 g/mol. The third-order valence-electron chi connectivity index (χ3n) is 13.2. The molecule has 0 N–H and O–H groups in total. The number of carboxylic acids is 1. The number of ether oxygens (including phenoxy) is 4. The first-order valence-electron chi connectivity index (χ1n) is 31.7. The number of carbonyl (C=O) groups excluding carboxylic acids is 3. The molecule has 2 unspecified atom stereocenters. The number of rotatable bonds is 57. The molecule has 0 aliphatic carbocycles. The Bertz CT molecular complexity index is 1710. The lowest BCUT2D eigenvalue weighted by Gasteiger charge is -2.26. The first kappa shape index (κ1) is 74.7. The number of hydrogen-bond donors (Lipinski definition) is 0. The zero-order chi connectivity index (χ0) is 57.6. The van der Waals surface area contributed by atoms with E-state index in [0.717, 1.165) is 116 Å². The lowest BCUT2D eigenvalue weighted by atomic mass is 10.0. The highest BCUT2D eigenvalue weighted by molar-refractivity contribution is 5.70. The van der Waals surface area contributed by atoms with Crippen molar-refractivity contribution < 1.29 is 42.9 Å². The molecule has 0 rings (SSSR count). The van der Waals surface area contributed by atoms with E-state index >= 15 is 0 Å². The molecule has 0 aliphatic heterocycles. The molecule has 0 aliphatic rings. The summed E-state index contributed by atoms with van der Waals surface area (Å²) in [5.41, 5.74) is 0. The van der Waals surface area contributed by atoms with Gasteiger partial charge in [-0.05, 0) is 103 Å². The molecule has 0 saturated heterocycles. The zero-order valence-corrected chi connectivity index (χ0v) is 51.2. The van der Waals surface area contributed by atoms with Gasteiger partial charge in [-0.2, -0.15) is 0 Å². The number of quaternary nitrogens is 1. The van der Waals surface area contributed by atoms with Crippen LogP contribution in [0, 0.1) is 0 Å². The molecule has 0 aromatic heterocycles. The molecule has 450 valence electrons. The van der Waals surface area contributed by atoms with E-state index in [4.69, 9.17) is 18.9 Å². The van der Waals surface area contributed by atoms with Gasteiger partial charge < -0.3 is 33.3 Å². The zero-order valence-electron chi connectivity index (χ0n) is 51.2. The molecule has 2 atom stereocenters. The highest BCUT2D eigenvalue weighted by Crippen LogP contribution is 2.16. The van der Waals surface area contributed by atoms with Crippen molar-refractivity contribution in [3.8, 4) is 0 Å². The summed E-state index contributed by atoms with van der Waals surface area (Å²) in [6.07, 6.45) is 81.2. The van der Waals surface area contributed by atoms with Crippen LogP contribution in [0.4, 0.5) is 0 Å². The summed E-state index contributed by atoms with van der Waals surface area (Å²) in [5, 5.41) is 11.8. The molecule has 9 heteroatoms. The molecule has 0 bridgehead atoms. The molecule has 0 aromatic carbocycles. The summed E-state index contributed by atoms with van der Waals surface area (Å²) >= 11 is 0. The predicted molar refractivity (Wildman–Crippen MR) is 333 cm³/mol. The maximum Gasteiger partial charge on any atom is 0.306 e. The number of allylic oxidation sites excluding steroid dienone is 20. The normalized spacial score (nSPS) is 13.6. The van der Waals surface area contributed by atoms with Gasteiger partial charge in [-0.15, -0.1) is 0 Å². The van der Waals surface area contributed by atoms with Gasteiger partial charge in [0.1, 0.15) is 13.2 Å². The quantitative estimate of drug-likeness (QED) is 0.0195. The van der Waals surface area contributed by atoms with Crippen LogP contribution in [0.2, 0.25) is 0 Å². The largest absolute Gasteiger partial charge is 0.545 e. The van der Waals surface area contributed by atoms with E-state index in [-0.39, 0.29) is 38.6 Å². The first-order valence-corrected chi connectivity index (χ1v) is 31.7. The van der Waals surface area contributed by atoms with E-state index in [2.05, 4.69) is 135 Å². The fourth-order valence-electron chi connectivity index (χ4n) is 8.41. The molecule has 0 radical (unpaired) electrons. The highest BCUT2D eigenvalue weighted by atomic mass is 16.7. The van der Waals surface area contributed by atoms with Gasteiger partial charge in [0.15, 0.2) is 12.4 Å². The summed E-state index contributed by atoms with van der Waals surface area (Å²) in [7, 11) is 5.91. The van der Waals surface area contributed by atoms with E-state index < -0.39 is 24.3 Å². The summed E-state index contributed by atoms with van der Waals surface area (Å²) < 4.78 is 22.7. The number of esters is 2. The molecule has 0 fully saturated rings. The Labute approximate surface area is 485 Å². The van der Waals surface area contributed by atoms with E-state index in [1.54, 1.807) is 0 Å². The van der Waals surface area contributed by atoms with E-state index in [1.165, 1.54) is 89.9 Å². The van der Waals surface area contributed by atoms with Crippen molar-refractivity contribution in [3.63, 3.8) is 0 Å². The molecule has 0 aromatic rings. The number of carboxylic acid groups (broad SMARTS) is 1. The van der Waals surface area contributed by atoms with Gasteiger partial charge >= 0.3 is 11.9 Å². The van der Waals surface area contributed by atoms with Gasteiger partial charge in [-0.25, -0.2) is 0 Å². The minimum absolute atomic E-state index is 0.139. The van der Waals surface area contributed by atoms with Crippen LogP contribution >= 0.6 is 0 Å². The van der Waals surface area contributed by atoms with Crippen molar-refractivity contribution in [2.45, 2.75) is 257 Å². The Balaban J connectivity index is 4.18. The van der Waals surface area contributed by atoms with Crippen LogP contribution in [0.5, 0.6) is 0 Å². The second-order valence-corrected chi connectivity index (χ2v) is 21.9. The lowest BCUT2D eigenvalue weighted by molar-refractivity contribution is -0.870. The van der Waals surface area contributed by atoms with Crippen LogP contribution in [-0.4, -0.2) is 82.3 Å². The molecule has 0 heterocycles. The Morgan fingerprint density at radius 2 is 0.684 bits per heavy atom. The maximum atomic E-state index is 12.9. The predicted octanol–water partition coefficient (Wildman–Crippen LogP) is 17.9. The number of aliphatic carboxylic acids is 1. The third kappa shape index (κ3) is 61.2. The fraction of sp³-hybridized carbons (Fsp3) is 0.671. The SMILES string of the molecule is CC/C=C\C/C=C\C/C=C\C/C=C\C/C=C\CCCCCCCCCCCCCCCCCCCC(=O)OC(COC(=O)CCCCCCC/C=C\C/C=C\C/C=C\C/C=C\C/C=C\CC)COC(OCC[N+](C)(C)C)C(=O)[O-]. The summed E-state index contributed by atoms with van der Waals surface area (Å²) in [6.45, 7) is 4.50. The van der Waals surface area contributed by atoms with Crippen LogP contribution in [0.15, 0.2) is 122 Å². The minimum Gasteiger partial charge on any atom is -0.545 e. The van der Waals surface area contributed by atoms with Gasteiger partial charge in [0, 0.05) is 12.8 Å². The molecule has 79 heavy (non-hydrogen) atoms. The average Bonchev–Trinajstić information content (AvgIpc) is 3.42. The van der Waals surface area contributed by atoms with Crippen LogP contribution in [0.25, 0.3) is 0 Å². The second kappa shape index (κ2) is 59.8. The molecule has 0 saturated carbocycles.